The Morgan fingerprint density at radius 2 is 2.06 bits per heavy atom. The summed E-state index contributed by atoms with van der Waals surface area (Å²) >= 11 is 0. The lowest BCUT2D eigenvalue weighted by molar-refractivity contribution is -0.113. The average molecular weight is 245 g/mol. The number of carbonyl (C=O) groups is 2. The Morgan fingerprint density at radius 1 is 1.22 bits per heavy atom. The topological polar surface area (TPSA) is 66.4 Å². The molecule has 4 heteroatoms. The minimum absolute atomic E-state index is 0.128. The normalized spacial score (nSPS) is 14.8. The minimum atomic E-state index is -0.997. The first-order chi connectivity index (χ1) is 8.66. The fourth-order valence-electron chi connectivity index (χ4n) is 1.99. The van der Waals surface area contributed by atoms with Crippen LogP contribution in [0.2, 0.25) is 0 Å². The van der Waals surface area contributed by atoms with Gasteiger partial charge in [0, 0.05) is 11.3 Å². The summed E-state index contributed by atoms with van der Waals surface area (Å²) in [5, 5.41) is 11.6. The molecular weight excluding hydrogens is 230 g/mol. The second kappa shape index (κ2) is 5.49. The fraction of sp³-hybridized carbons (Fsp3) is 0.286. The number of rotatable bonds is 3. The van der Waals surface area contributed by atoms with E-state index in [1.54, 1.807) is 12.1 Å². The minimum Gasteiger partial charge on any atom is -0.478 e. The number of benzene rings is 1. The van der Waals surface area contributed by atoms with Gasteiger partial charge in [-0.2, -0.15) is 0 Å². The van der Waals surface area contributed by atoms with Gasteiger partial charge < -0.3 is 10.4 Å². The Balaban J connectivity index is 2.09. The molecule has 0 atom stereocenters. The van der Waals surface area contributed by atoms with Crippen LogP contribution >= 0.6 is 0 Å². The highest BCUT2D eigenvalue weighted by atomic mass is 16.4. The lowest BCUT2D eigenvalue weighted by Crippen LogP contribution is -2.16. The van der Waals surface area contributed by atoms with Gasteiger partial charge in [-0.05, 0) is 43.9 Å². The quantitative estimate of drug-likeness (QED) is 0.860. The molecule has 0 saturated heterocycles. The lowest BCUT2D eigenvalue weighted by Gasteiger charge is -2.12. The molecule has 0 radical (unpaired) electrons. The van der Waals surface area contributed by atoms with Gasteiger partial charge in [0.1, 0.15) is 0 Å². The Labute approximate surface area is 105 Å². The molecule has 2 rings (SSSR count). The second-order valence-corrected chi connectivity index (χ2v) is 4.32. The van der Waals surface area contributed by atoms with E-state index in [-0.39, 0.29) is 11.5 Å². The van der Waals surface area contributed by atoms with Crippen LogP contribution < -0.4 is 5.32 Å². The van der Waals surface area contributed by atoms with Crippen molar-refractivity contribution < 1.29 is 14.7 Å². The van der Waals surface area contributed by atoms with Crippen molar-refractivity contribution in [3.05, 3.63) is 41.5 Å². The van der Waals surface area contributed by atoms with Gasteiger partial charge in [0.05, 0.1) is 5.56 Å². The summed E-state index contributed by atoms with van der Waals surface area (Å²) in [6.45, 7) is 0. The number of hydrogen-bond donors (Lipinski definition) is 2. The second-order valence-electron chi connectivity index (χ2n) is 4.32. The largest absolute Gasteiger partial charge is 0.478 e. The maximum atomic E-state index is 11.9. The monoisotopic (exact) mass is 245 g/mol. The molecular formula is C14H15NO3. The number of carboxylic acids is 1. The van der Waals surface area contributed by atoms with Crippen LogP contribution in [0.5, 0.6) is 0 Å². The van der Waals surface area contributed by atoms with Crippen molar-refractivity contribution in [1.82, 2.24) is 0 Å². The predicted octanol–water partition coefficient (Wildman–Crippen LogP) is 2.82. The Kier molecular flexibility index (Phi) is 3.77. The maximum Gasteiger partial charge on any atom is 0.335 e. The molecule has 1 aromatic carbocycles. The summed E-state index contributed by atoms with van der Waals surface area (Å²) in [6, 6.07) is 6.27. The SMILES string of the molecule is O=C(Nc1cccc(C(=O)O)c1)C1=CCCCC1. The van der Waals surface area contributed by atoms with E-state index in [1.807, 2.05) is 6.08 Å². The van der Waals surface area contributed by atoms with Crippen molar-refractivity contribution in [2.75, 3.05) is 5.32 Å². The Hall–Kier alpha value is -2.10. The predicted molar refractivity (Wildman–Crippen MR) is 68.6 cm³/mol. The summed E-state index contributed by atoms with van der Waals surface area (Å²) < 4.78 is 0. The summed E-state index contributed by atoms with van der Waals surface area (Å²) in [7, 11) is 0. The first kappa shape index (κ1) is 12.4. The maximum absolute atomic E-state index is 11.9. The summed E-state index contributed by atoms with van der Waals surface area (Å²) in [4.78, 5) is 22.7. The first-order valence-corrected chi connectivity index (χ1v) is 6.00. The number of allylic oxidation sites excluding steroid dienone is 1. The van der Waals surface area contributed by atoms with E-state index in [0.717, 1.165) is 31.3 Å². The van der Waals surface area contributed by atoms with Crippen molar-refractivity contribution in [1.29, 1.82) is 0 Å². The van der Waals surface area contributed by atoms with Crippen molar-refractivity contribution in [3.8, 4) is 0 Å². The van der Waals surface area contributed by atoms with Crippen LogP contribution in [0.3, 0.4) is 0 Å². The van der Waals surface area contributed by atoms with Gasteiger partial charge >= 0.3 is 5.97 Å². The Morgan fingerprint density at radius 3 is 2.72 bits per heavy atom. The standard InChI is InChI=1S/C14H15NO3/c16-13(10-5-2-1-3-6-10)15-12-8-4-7-11(9-12)14(17)18/h4-5,7-9H,1-3,6H2,(H,15,16)(H,17,18). The van der Waals surface area contributed by atoms with E-state index in [0.29, 0.717) is 5.69 Å². The number of nitrogens with one attached hydrogen (secondary N) is 1. The smallest absolute Gasteiger partial charge is 0.335 e. The molecule has 0 aromatic heterocycles. The number of carbonyl (C=O) groups excluding carboxylic acids is 1. The molecule has 0 unspecified atom stereocenters. The average Bonchev–Trinajstić information content (AvgIpc) is 2.40. The highest BCUT2D eigenvalue weighted by Crippen LogP contribution is 2.19. The van der Waals surface area contributed by atoms with Crippen LogP contribution in [0.15, 0.2) is 35.9 Å². The summed E-state index contributed by atoms with van der Waals surface area (Å²) in [5.74, 6) is -1.12. The van der Waals surface area contributed by atoms with Gasteiger partial charge in [-0.15, -0.1) is 0 Å². The van der Waals surface area contributed by atoms with Gasteiger partial charge in [-0.1, -0.05) is 12.1 Å². The van der Waals surface area contributed by atoms with E-state index in [4.69, 9.17) is 5.11 Å². The molecule has 18 heavy (non-hydrogen) atoms. The van der Waals surface area contributed by atoms with Crippen molar-refractivity contribution in [2.45, 2.75) is 25.7 Å². The molecule has 0 spiro atoms. The molecule has 0 saturated carbocycles. The molecule has 1 amide bonds. The molecule has 1 aromatic rings. The molecule has 94 valence electrons. The van der Waals surface area contributed by atoms with Crippen LogP contribution in [0.4, 0.5) is 5.69 Å². The number of aromatic carboxylic acids is 1. The molecule has 1 aliphatic rings. The van der Waals surface area contributed by atoms with Crippen molar-refractivity contribution >= 4 is 17.6 Å². The van der Waals surface area contributed by atoms with Crippen molar-refractivity contribution in [2.24, 2.45) is 0 Å². The van der Waals surface area contributed by atoms with E-state index in [2.05, 4.69) is 5.32 Å². The van der Waals surface area contributed by atoms with Crippen LogP contribution in [0.1, 0.15) is 36.0 Å². The first-order valence-electron chi connectivity index (χ1n) is 6.00. The Bertz CT molecular complexity index is 506. The molecule has 2 N–H and O–H groups in total. The zero-order chi connectivity index (χ0) is 13.0. The molecule has 1 aliphatic carbocycles. The van der Waals surface area contributed by atoms with Gasteiger partial charge in [-0.3, -0.25) is 4.79 Å². The third-order valence-corrected chi connectivity index (χ3v) is 2.95. The van der Waals surface area contributed by atoms with E-state index < -0.39 is 5.97 Å². The molecule has 4 nitrogen and oxygen atoms in total. The fourth-order valence-corrected chi connectivity index (χ4v) is 1.99. The molecule has 0 heterocycles. The lowest BCUT2D eigenvalue weighted by atomic mass is 9.99. The van der Waals surface area contributed by atoms with Crippen LogP contribution in [-0.4, -0.2) is 17.0 Å². The summed E-state index contributed by atoms with van der Waals surface area (Å²) in [6.07, 6.45) is 5.86. The van der Waals surface area contributed by atoms with Gasteiger partial charge in [0.25, 0.3) is 5.91 Å². The van der Waals surface area contributed by atoms with Crippen LogP contribution in [0, 0.1) is 0 Å². The van der Waals surface area contributed by atoms with E-state index >= 15 is 0 Å². The van der Waals surface area contributed by atoms with E-state index in [1.165, 1.54) is 12.1 Å². The number of amides is 1. The molecule has 0 fully saturated rings. The third kappa shape index (κ3) is 2.97. The van der Waals surface area contributed by atoms with Gasteiger partial charge in [0.2, 0.25) is 0 Å². The molecule has 0 aliphatic heterocycles. The van der Waals surface area contributed by atoms with Gasteiger partial charge in [0.15, 0.2) is 0 Å². The van der Waals surface area contributed by atoms with E-state index in [9.17, 15) is 9.59 Å². The summed E-state index contributed by atoms with van der Waals surface area (Å²) in [5.41, 5.74) is 1.48. The number of anilines is 1. The van der Waals surface area contributed by atoms with Crippen LogP contribution in [-0.2, 0) is 4.79 Å². The highest BCUT2D eigenvalue weighted by Gasteiger charge is 2.13. The van der Waals surface area contributed by atoms with Crippen molar-refractivity contribution in [3.63, 3.8) is 0 Å². The number of hydrogen-bond acceptors (Lipinski definition) is 2. The molecule has 0 bridgehead atoms. The van der Waals surface area contributed by atoms with Gasteiger partial charge in [-0.25, -0.2) is 4.79 Å². The zero-order valence-corrected chi connectivity index (χ0v) is 9.98. The zero-order valence-electron chi connectivity index (χ0n) is 9.98. The highest BCUT2D eigenvalue weighted by molar-refractivity contribution is 6.04. The number of carboxylic acid groups (broad SMARTS) is 1. The van der Waals surface area contributed by atoms with Crippen LogP contribution in [0.25, 0.3) is 0 Å². The third-order valence-electron chi connectivity index (χ3n) is 2.95.